The standard InChI is InChI=1S/C26H32O4/c1-8-18-22(28)21-19(27)15-20(16-11-13-17(14-12-16)25(4,5)6)30-24(21)26(9-2,10-3)23(18)29-7/h11-15H,8-10H2,1-7H3. The van der Waals surface area contributed by atoms with E-state index in [1.54, 1.807) is 7.11 Å². The van der Waals surface area contributed by atoms with Gasteiger partial charge in [0.15, 0.2) is 11.2 Å². The average Bonchev–Trinajstić information content (AvgIpc) is 2.72. The van der Waals surface area contributed by atoms with Crippen molar-refractivity contribution in [3.63, 3.8) is 0 Å². The third-order valence-electron chi connectivity index (χ3n) is 6.39. The van der Waals surface area contributed by atoms with Crippen LogP contribution in [0.1, 0.15) is 82.5 Å². The second-order valence-electron chi connectivity index (χ2n) is 8.99. The third-order valence-corrected chi connectivity index (χ3v) is 6.39. The van der Waals surface area contributed by atoms with Gasteiger partial charge in [0.2, 0.25) is 0 Å². The van der Waals surface area contributed by atoms with Crippen molar-refractivity contribution >= 4 is 5.78 Å². The first-order chi connectivity index (χ1) is 14.1. The van der Waals surface area contributed by atoms with Gasteiger partial charge in [0, 0.05) is 17.2 Å². The molecule has 2 aromatic rings. The quantitative estimate of drug-likeness (QED) is 0.594. The summed E-state index contributed by atoms with van der Waals surface area (Å²) >= 11 is 0. The smallest absolute Gasteiger partial charge is 0.199 e. The van der Waals surface area contributed by atoms with E-state index in [-0.39, 0.29) is 22.2 Å². The van der Waals surface area contributed by atoms with Crippen LogP contribution in [-0.2, 0) is 15.6 Å². The fraction of sp³-hybridized carbons (Fsp3) is 0.462. The Morgan fingerprint density at radius 1 is 1.00 bits per heavy atom. The van der Waals surface area contributed by atoms with Crippen molar-refractivity contribution in [2.45, 2.75) is 71.6 Å². The van der Waals surface area contributed by atoms with E-state index in [2.05, 4.69) is 32.9 Å². The van der Waals surface area contributed by atoms with Gasteiger partial charge in [-0.25, -0.2) is 0 Å². The molecule has 160 valence electrons. The van der Waals surface area contributed by atoms with Crippen molar-refractivity contribution in [3.05, 3.63) is 68.8 Å². The number of Topliss-reactive ketones (excluding diaryl/α,β-unsaturated/α-hetero) is 1. The lowest BCUT2D eigenvalue weighted by Crippen LogP contribution is -2.39. The summed E-state index contributed by atoms with van der Waals surface area (Å²) < 4.78 is 12.1. The van der Waals surface area contributed by atoms with Gasteiger partial charge in [-0.1, -0.05) is 65.8 Å². The first-order valence-corrected chi connectivity index (χ1v) is 10.8. The molecule has 4 heteroatoms. The Morgan fingerprint density at radius 2 is 1.60 bits per heavy atom. The average molecular weight is 409 g/mol. The zero-order valence-corrected chi connectivity index (χ0v) is 19.1. The summed E-state index contributed by atoms with van der Waals surface area (Å²) in [4.78, 5) is 26.3. The maximum absolute atomic E-state index is 13.2. The molecule has 1 heterocycles. The van der Waals surface area contributed by atoms with Gasteiger partial charge in [-0.05, 0) is 30.2 Å². The van der Waals surface area contributed by atoms with E-state index in [0.29, 0.717) is 42.1 Å². The largest absolute Gasteiger partial charge is 0.500 e. The zero-order valence-electron chi connectivity index (χ0n) is 19.1. The number of rotatable bonds is 5. The van der Waals surface area contributed by atoms with Crippen molar-refractivity contribution in [2.24, 2.45) is 0 Å². The molecule has 3 rings (SSSR count). The van der Waals surface area contributed by atoms with E-state index < -0.39 is 5.41 Å². The Morgan fingerprint density at radius 3 is 2.07 bits per heavy atom. The minimum Gasteiger partial charge on any atom is -0.500 e. The molecule has 0 spiro atoms. The third kappa shape index (κ3) is 3.32. The molecular weight excluding hydrogens is 376 g/mol. The molecule has 0 saturated heterocycles. The van der Waals surface area contributed by atoms with Crippen LogP contribution in [0.25, 0.3) is 11.3 Å². The van der Waals surface area contributed by atoms with Gasteiger partial charge in [0.05, 0.1) is 12.5 Å². The van der Waals surface area contributed by atoms with Gasteiger partial charge in [-0.3, -0.25) is 9.59 Å². The molecule has 0 radical (unpaired) electrons. The van der Waals surface area contributed by atoms with Crippen LogP contribution in [0.4, 0.5) is 0 Å². The van der Waals surface area contributed by atoms with Gasteiger partial charge in [0.1, 0.15) is 22.8 Å². The molecule has 1 aromatic heterocycles. The molecular formula is C26H32O4. The van der Waals surface area contributed by atoms with Crippen LogP contribution in [0.3, 0.4) is 0 Å². The van der Waals surface area contributed by atoms with Crippen LogP contribution >= 0.6 is 0 Å². The number of allylic oxidation sites excluding steroid dienone is 2. The van der Waals surface area contributed by atoms with Crippen LogP contribution < -0.4 is 5.43 Å². The zero-order chi connectivity index (χ0) is 22.3. The molecule has 0 bridgehead atoms. The molecule has 0 fully saturated rings. The highest BCUT2D eigenvalue weighted by Crippen LogP contribution is 2.47. The fourth-order valence-corrected chi connectivity index (χ4v) is 4.50. The van der Waals surface area contributed by atoms with E-state index in [1.165, 1.54) is 11.6 Å². The lowest BCUT2D eigenvalue weighted by Gasteiger charge is -2.37. The van der Waals surface area contributed by atoms with Gasteiger partial charge in [-0.15, -0.1) is 0 Å². The van der Waals surface area contributed by atoms with Gasteiger partial charge in [-0.2, -0.15) is 0 Å². The number of ketones is 1. The molecule has 0 saturated carbocycles. The maximum Gasteiger partial charge on any atom is 0.199 e. The monoisotopic (exact) mass is 408 g/mol. The highest BCUT2D eigenvalue weighted by Gasteiger charge is 2.47. The molecule has 1 aliphatic rings. The Kier molecular flexibility index (Phi) is 5.81. The maximum atomic E-state index is 13.2. The predicted molar refractivity (Wildman–Crippen MR) is 120 cm³/mol. The number of fused-ring (bicyclic) bond motifs is 1. The number of ether oxygens (including phenoxy) is 1. The lowest BCUT2D eigenvalue weighted by molar-refractivity contribution is 0.0975. The van der Waals surface area contributed by atoms with Crippen molar-refractivity contribution in [3.8, 4) is 11.3 Å². The first-order valence-electron chi connectivity index (χ1n) is 10.8. The molecule has 0 atom stereocenters. The van der Waals surface area contributed by atoms with Crippen molar-refractivity contribution < 1.29 is 13.9 Å². The number of hydrogen-bond donors (Lipinski definition) is 0. The summed E-state index contributed by atoms with van der Waals surface area (Å²) in [6.07, 6.45) is 1.86. The van der Waals surface area contributed by atoms with E-state index in [1.807, 2.05) is 32.9 Å². The van der Waals surface area contributed by atoms with Crippen molar-refractivity contribution in [1.29, 1.82) is 0 Å². The van der Waals surface area contributed by atoms with Crippen LogP contribution in [-0.4, -0.2) is 12.9 Å². The van der Waals surface area contributed by atoms with Crippen LogP contribution in [0.2, 0.25) is 0 Å². The highest BCUT2D eigenvalue weighted by atomic mass is 16.5. The molecule has 30 heavy (non-hydrogen) atoms. The summed E-state index contributed by atoms with van der Waals surface area (Å²) in [5.41, 5.74) is 1.88. The van der Waals surface area contributed by atoms with Gasteiger partial charge in [0.25, 0.3) is 0 Å². The number of carbonyl (C=O) groups excluding carboxylic acids is 1. The van der Waals surface area contributed by atoms with Crippen LogP contribution in [0.15, 0.2) is 50.9 Å². The fourth-order valence-electron chi connectivity index (χ4n) is 4.50. The van der Waals surface area contributed by atoms with Crippen LogP contribution in [0.5, 0.6) is 0 Å². The first kappa shape index (κ1) is 22.1. The Bertz CT molecular complexity index is 1040. The van der Waals surface area contributed by atoms with E-state index in [0.717, 1.165) is 5.56 Å². The lowest BCUT2D eigenvalue weighted by atomic mass is 9.69. The Hall–Kier alpha value is -2.62. The van der Waals surface area contributed by atoms with E-state index in [4.69, 9.17) is 9.15 Å². The second kappa shape index (κ2) is 7.90. The molecule has 1 aromatic carbocycles. The van der Waals surface area contributed by atoms with Gasteiger partial charge < -0.3 is 9.15 Å². The molecule has 4 nitrogen and oxygen atoms in total. The summed E-state index contributed by atoms with van der Waals surface area (Å²) in [6, 6.07) is 9.51. The number of carbonyl (C=O) groups is 1. The molecule has 0 amide bonds. The Balaban J connectivity index is 2.26. The predicted octanol–water partition coefficient (Wildman–Crippen LogP) is 6.17. The summed E-state index contributed by atoms with van der Waals surface area (Å²) in [5, 5.41) is 0. The summed E-state index contributed by atoms with van der Waals surface area (Å²) in [7, 11) is 1.59. The normalized spacial score (nSPS) is 15.9. The summed E-state index contributed by atoms with van der Waals surface area (Å²) in [6.45, 7) is 12.5. The second-order valence-corrected chi connectivity index (χ2v) is 8.99. The number of hydrogen-bond acceptors (Lipinski definition) is 4. The SMILES string of the molecule is CCC1=C(OC)C(CC)(CC)c2oc(-c3ccc(C(C)(C)C)cc3)cc(=O)c2C1=O. The molecule has 0 aliphatic heterocycles. The topological polar surface area (TPSA) is 56.5 Å². The highest BCUT2D eigenvalue weighted by molar-refractivity contribution is 6.11. The molecule has 0 unspecified atom stereocenters. The minimum atomic E-state index is -0.621. The van der Waals surface area contributed by atoms with E-state index in [9.17, 15) is 9.59 Å². The minimum absolute atomic E-state index is 0.0376. The Labute approximate surface area is 179 Å². The number of methoxy groups -OCH3 is 1. The summed E-state index contributed by atoms with van der Waals surface area (Å²) in [5.74, 6) is 1.28. The molecule has 1 aliphatic carbocycles. The van der Waals surface area contributed by atoms with Gasteiger partial charge >= 0.3 is 0 Å². The van der Waals surface area contributed by atoms with E-state index >= 15 is 0 Å². The van der Waals surface area contributed by atoms with Crippen molar-refractivity contribution in [2.75, 3.05) is 7.11 Å². The molecule has 0 N–H and O–H groups in total. The van der Waals surface area contributed by atoms with Crippen LogP contribution in [0, 0.1) is 0 Å². The van der Waals surface area contributed by atoms with Crippen molar-refractivity contribution in [1.82, 2.24) is 0 Å². The number of benzene rings is 1.